The minimum Gasteiger partial charge on any atom is -0.388 e. The van der Waals surface area contributed by atoms with Crippen LogP contribution in [0.4, 0.5) is 0 Å². The van der Waals surface area contributed by atoms with Crippen LogP contribution in [-0.2, 0) is 14.3 Å². The van der Waals surface area contributed by atoms with Crippen molar-refractivity contribution < 1.29 is 19.4 Å². The number of rotatable bonds is 2. The monoisotopic (exact) mass is 253 g/mol. The van der Waals surface area contributed by atoms with Crippen LogP contribution in [0.1, 0.15) is 32.1 Å². The molecule has 0 radical (unpaired) electrons. The lowest BCUT2D eigenvalue weighted by Gasteiger charge is -2.34. The molecule has 3 rings (SSSR count). The molecule has 1 aliphatic carbocycles. The van der Waals surface area contributed by atoms with Crippen LogP contribution in [0.3, 0.4) is 0 Å². The van der Waals surface area contributed by atoms with Gasteiger partial charge in [0.25, 0.3) is 0 Å². The first-order valence-corrected chi connectivity index (χ1v) is 6.76. The highest BCUT2D eigenvalue weighted by atomic mass is 16.5. The van der Waals surface area contributed by atoms with E-state index in [-0.39, 0.29) is 30.2 Å². The number of ether oxygens (including phenoxy) is 1. The number of β-amino-alcohol motifs (C(OH)–C–C–N with tert-alkyl or cyclic N) is 1. The largest absolute Gasteiger partial charge is 0.388 e. The van der Waals surface area contributed by atoms with Crippen molar-refractivity contribution in [2.45, 2.75) is 37.7 Å². The number of carbonyl (C=O) groups excluding carboxylic acids is 2. The van der Waals surface area contributed by atoms with Gasteiger partial charge < -0.3 is 9.84 Å². The Labute approximate surface area is 106 Å². The summed E-state index contributed by atoms with van der Waals surface area (Å²) in [6.45, 7) is 1.15. The van der Waals surface area contributed by atoms with E-state index in [0.29, 0.717) is 26.1 Å². The molecule has 100 valence electrons. The maximum absolute atomic E-state index is 12.2. The highest BCUT2D eigenvalue weighted by molar-refractivity contribution is 6.05. The Bertz CT molecular complexity index is 353. The average Bonchev–Trinajstić information content (AvgIpc) is 2.91. The Hall–Kier alpha value is -0.940. The molecule has 2 aliphatic heterocycles. The van der Waals surface area contributed by atoms with Crippen LogP contribution in [0, 0.1) is 11.8 Å². The van der Waals surface area contributed by atoms with Gasteiger partial charge in [-0.1, -0.05) is 6.42 Å². The van der Waals surface area contributed by atoms with Crippen molar-refractivity contribution in [1.82, 2.24) is 4.90 Å². The number of hydrogen-bond donors (Lipinski definition) is 1. The lowest BCUT2D eigenvalue weighted by atomic mass is 9.94. The van der Waals surface area contributed by atoms with E-state index in [1.54, 1.807) is 0 Å². The number of hydrogen-bond acceptors (Lipinski definition) is 4. The predicted octanol–water partition coefficient (Wildman–Crippen LogP) is 0.313. The Kier molecular flexibility index (Phi) is 2.90. The summed E-state index contributed by atoms with van der Waals surface area (Å²) in [4.78, 5) is 25.7. The first-order valence-electron chi connectivity index (χ1n) is 6.76. The van der Waals surface area contributed by atoms with Crippen molar-refractivity contribution in [3.8, 4) is 0 Å². The van der Waals surface area contributed by atoms with Crippen LogP contribution in [0.2, 0.25) is 0 Å². The van der Waals surface area contributed by atoms with Gasteiger partial charge in [0.2, 0.25) is 11.8 Å². The summed E-state index contributed by atoms with van der Waals surface area (Å²) >= 11 is 0. The SMILES string of the molecule is O=C1C2CCCC2C(=O)N1CC1(O)CCOCC1. The molecule has 5 nitrogen and oxygen atoms in total. The van der Waals surface area contributed by atoms with Crippen molar-refractivity contribution in [1.29, 1.82) is 0 Å². The fourth-order valence-electron chi connectivity index (χ4n) is 3.42. The van der Waals surface area contributed by atoms with Crippen LogP contribution in [-0.4, -0.2) is 47.2 Å². The molecule has 3 aliphatic rings. The molecule has 18 heavy (non-hydrogen) atoms. The third-order valence-corrected chi connectivity index (χ3v) is 4.56. The zero-order chi connectivity index (χ0) is 12.8. The van der Waals surface area contributed by atoms with Crippen molar-refractivity contribution in [2.24, 2.45) is 11.8 Å². The average molecular weight is 253 g/mol. The van der Waals surface area contributed by atoms with Gasteiger partial charge in [0.15, 0.2) is 0 Å². The highest BCUT2D eigenvalue weighted by Crippen LogP contribution is 2.40. The van der Waals surface area contributed by atoms with E-state index >= 15 is 0 Å². The Balaban J connectivity index is 1.73. The molecule has 2 unspecified atom stereocenters. The number of amides is 2. The van der Waals surface area contributed by atoms with E-state index in [4.69, 9.17) is 4.74 Å². The van der Waals surface area contributed by atoms with Crippen molar-refractivity contribution in [3.05, 3.63) is 0 Å². The van der Waals surface area contributed by atoms with Gasteiger partial charge in [-0.25, -0.2) is 0 Å². The first-order chi connectivity index (χ1) is 8.61. The van der Waals surface area contributed by atoms with Crippen LogP contribution < -0.4 is 0 Å². The summed E-state index contributed by atoms with van der Waals surface area (Å²) in [5.74, 6) is -0.355. The second-order valence-corrected chi connectivity index (χ2v) is 5.74. The molecule has 2 amide bonds. The molecule has 0 aromatic heterocycles. The number of imide groups is 1. The van der Waals surface area contributed by atoms with Crippen LogP contribution >= 0.6 is 0 Å². The van der Waals surface area contributed by atoms with E-state index in [0.717, 1.165) is 19.3 Å². The highest BCUT2D eigenvalue weighted by Gasteiger charge is 2.51. The van der Waals surface area contributed by atoms with Gasteiger partial charge in [-0.3, -0.25) is 14.5 Å². The number of likely N-dealkylation sites (tertiary alicyclic amines) is 1. The van der Waals surface area contributed by atoms with Crippen LogP contribution in [0.25, 0.3) is 0 Å². The molecule has 2 heterocycles. The fourth-order valence-corrected chi connectivity index (χ4v) is 3.42. The minimum absolute atomic E-state index is 0.0672. The molecule has 1 N–H and O–H groups in total. The van der Waals surface area contributed by atoms with E-state index < -0.39 is 5.60 Å². The second-order valence-electron chi connectivity index (χ2n) is 5.74. The van der Waals surface area contributed by atoms with Crippen LogP contribution in [0.5, 0.6) is 0 Å². The molecule has 0 aromatic carbocycles. The zero-order valence-corrected chi connectivity index (χ0v) is 10.4. The molecule has 0 aromatic rings. The number of fused-ring (bicyclic) bond motifs is 1. The van der Waals surface area contributed by atoms with E-state index in [2.05, 4.69) is 0 Å². The summed E-state index contributed by atoms with van der Waals surface area (Å²) in [5, 5.41) is 10.4. The summed E-state index contributed by atoms with van der Waals surface area (Å²) in [6.07, 6.45) is 3.62. The number of nitrogens with zero attached hydrogens (tertiary/aromatic N) is 1. The maximum atomic E-state index is 12.2. The molecule has 3 fully saturated rings. The van der Waals surface area contributed by atoms with Gasteiger partial charge in [0.05, 0.1) is 24.0 Å². The van der Waals surface area contributed by atoms with Gasteiger partial charge >= 0.3 is 0 Å². The summed E-state index contributed by atoms with van der Waals surface area (Å²) in [5.41, 5.74) is -0.942. The third-order valence-electron chi connectivity index (χ3n) is 4.56. The normalized spacial score (nSPS) is 35.1. The van der Waals surface area contributed by atoms with Gasteiger partial charge in [0.1, 0.15) is 0 Å². The fraction of sp³-hybridized carbons (Fsp3) is 0.846. The lowest BCUT2D eigenvalue weighted by Crippen LogP contribution is -2.49. The standard InChI is InChI=1S/C13H19NO4/c15-11-9-2-1-3-10(9)12(16)14(11)8-13(17)4-6-18-7-5-13/h9-10,17H,1-8H2. The molecule has 5 heteroatoms. The van der Waals surface area contributed by atoms with E-state index in [1.165, 1.54) is 4.90 Å². The molecule has 1 saturated carbocycles. The van der Waals surface area contributed by atoms with Gasteiger partial charge in [-0.05, 0) is 12.8 Å². The molecular formula is C13H19NO4. The molecule has 0 bridgehead atoms. The zero-order valence-electron chi connectivity index (χ0n) is 10.4. The molecule has 2 saturated heterocycles. The first kappa shape index (κ1) is 12.1. The Morgan fingerprint density at radius 1 is 1.17 bits per heavy atom. The second kappa shape index (κ2) is 4.31. The van der Waals surface area contributed by atoms with Gasteiger partial charge in [-0.15, -0.1) is 0 Å². The predicted molar refractivity (Wildman–Crippen MR) is 62.6 cm³/mol. The Morgan fingerprint density at radius 3 is 2.28 bits per heavy atom. The molecule has 2 atom stereocenters. The van der Waals surface area contributed by atoms with Gasteiger partial charge in [0, 0.05) is 26.1 Å². The van der Waals surface area contributed by atoms with Crippen molar-refractivity contribution in [2.75, 3.05) is 19.8 Å². The number of aliphatic hydroxyl groups is 1. The maximum Gasteiger partial charge on any atom is 0.233 e. The Morgan fingerprint density at radius 2 is 1.72 bits per heavy atom. The van der Waals surface area contributed by atoms with E-state index in [1.807, 2.05) is 0 Å². The minimum atomic E-state index is -0.942. The summed E-state index contributed by atoms with van der Waals surface area (Å²) < 4.78 is 5.21. The third kappa shape index (κ3) is 1.86. The summed E-state index contributed by atoms with van der Waals surface area (Å²) in [7, 11) is 0. The molecule has 0 spiro atoms. The smallest absolute Gasteiger partial charge is 0.233 e. The number of carbonyl (C=O) groups is 2. The van der Waals surface area contributed by atoms with Crippen molar-refractivity contribution in [3.63, 3.8) is 0 Å². The van der Waals surface area contributed by atoms with Crippen LogP contribution in [0.15, 0.2) is 0 Å². The van der Waals surface area contributed by atoms with Crippen molar-refractivity contribution >= 4 is 11.8 Å². The topological polar surface area (TPSA) is 66.8 Å². The lowest BCUT2D eigenvalue weighted by molar-refractivity contribution is -0.148. The quantitative estimate of drug-likeness (QED) is 0.719. The van der Waals surface area contributed by atoms with E-state index in [9.17, 15) is 14.7 Å². The molecular weight excluding hydrogens is 234 g/mol. The van der Waals surface area contributed by atoms with Gasteiger partial charge in [-0.2, -0.15) is 0 Å². The summed E-state index contributed by atoms with van der Waals surface area (Å²) in [6, 6.07) is 0.